The van der Waals surface area contributed by atoms with Crippen molar-refractivity contribution in [2.24, 2.45) is 0 Å². The molecule has 1 N–H and O–H groups in total. The van der Waals surface area contributed by atoms with Crippen molar-refractivity contribution in [3.8, 4) is 0 Å². The van der Waals surface area contributed by atoms with Gasteiger partial charge in [-0.3, -0.25) is 4.78 Å². The Kier molecular flexibility index (Phi) is 4.68. The van der Waals surface area contributed by atoms with E-state index in [0.717, 1.165) is 5.76 Å². The number of methoxy groups -OCH3 is 1. The van der Waals surface area contributed by atoms with Crippen molar-refractivity contribution in [3.63, 3.8) is 0 Å². The fourth-order valence-electron chi connectivity index (χ4n) is 2.40. The summed E-state index contributed by atoms with van der Waals surface area (Å²) in [5, 5.41) is 2.59. The number of allylic oxidation sites excluding steroid dienone is 1. The largest absolute Gasteiger partial charge is 0.495 e. The van der Waals surface area contributed by atoms with Gasteiger partial charge in [0.1, 0.15) is 5.76 Å². The van der Waals surface area contributed by atoms with Gasteiger partial charge in [-0.05, 0) is 19.9 Å². The first-order valence-electron chi connectivity index (χ1n) is 7.58. The maximum absolute atomic E-state index is 5.38. The molecule has 2 aromatic rings. The maximum atomic E-state index is 5.38. The number of aryl methyl sites for hydroxylation is 2. The zero-order chi connectivity index (χ0) is 16.2. The Labute approximate surface area is 139 Å². The van der Waals surface area contributed by atoms with Gasteiger partial charge in [0.25, 0.3) is 0 Å². The van der Waals surface area contributed by atoms with Gasteiger partial charge in [0.2, 0.25) is 0 Å². The maximum Gasteiger partial charge on any atom is 0.138 e. The molecule has 0 radical (unpaired) electrons. The molecule has 1 aliphatic heterocycles. The molecule has 0 aliphatic carbocycles. The van der Waals surface area contributed by atoms with E-state index in [-0.39, 0.29) is 0 Å². The summed E-state index contributed by atoms with van der Waals surface area (Å²) in [6.07, 6.45) is 5.86. The zero-order valence-corrected chi connectivity index (χ0v) is 14.5. The summed E-state index contributed by atoms with van der Waals surface area (Å²) < 4.78 is 7.53. The predicted octanol–water partition coefficient (Wildman–Crippen LogP) is 3.47. The topological polar surface area (TPSA) is 24.5 Å². The summed E-state index contributed by atoms with van der Waals surface area (Å²) in [6, 6.07) is 17.5. The van der Waals surface area contributed by atoms with Crippen LogP contribution in [-0.4, -0.2) is 11.9 Å². The van der Waals surface area contributed by atoms with Gasteiger partial charge in [0.15, 0.2) is 0 Å². The van der Waals surface area contributed by atoms with Crippen LogP contribution in [0.15, 0.2) is 72.8 Å². The Morgan fingerprint density at radius 3 is 1.87 bits per heavy atom. The minimum Gasteiger partial charge on any atom is -0.495 e. The van der Waals surface area contributed by atoms with Crippen molar-refractivity contribution in [1.82, 2.24) is 10.2 Å². The predicted molar refractivity (Wildman–Crippen MR) is 97.8 cm³/mol. The zero-order valence-electron chi connectivity index (χ0n) is 13.7. The third-order valence-corrected chi connectivity index (χ3v) is 5.95. The highest BCUT2D eigenvalue weighted by Crippen LogP contribution is 2.38. The summed E-state index contributed by atoms with van der Waals surface area (Å²) in [5.41, 5.74) is 5.88. The lowest BCUT2D eigenvalue weighted by atomic mass is 10.2. The van der Waals surface area contributed by atoms with Crippen molar-refractivity contribution in [3.05, 3.63) is 83.9 Å². The van der Waals surface area contributed by atoms with Crippen LogP contribution in [0.5, 0.6) is 0 Å². The van der Waals surface area contributed by atoms with Gasteiger partial charge < -0.3 is 10.2 Å². The summed E-state index contributed by atoms with van der Waals surface area (Å²) in [6.45, 7) is 4.23. The molecule has 1 heterocycles. The quantitative estimate of drug-likeness (QED) is 0.872. The van der Waals surface area contributed by atoms with Crippen LogP contribution in [0.4, 0.5) is 0 Å². The molecule has 0 aromatic heterocycles. The highest BCUT2D eigenvalue weighted by molar-refractivity contribution is 7.70. The number of hydrazine groups is 1. The van der Waals surface area contributed by atoms with Crippen LogP contribution < -0.4 is 16.0 Å². The molecular weight excluding hydrogens is 303 g/mol. The second kappa shape index (κ2) is 6.89. The summed E-state index contributed by atoms with van der Waals surface area (Å²) in [4.78, 5) is 0. The van der Waals surface area contributed by atoms with Crippen molar-refractivity contribution >= 4 is 18.7 Å². The van der Waals surface area contributed by atoms with Gasteiger partial charge in [-0.1, -0.05) is 59.7 Å². The van der Waals surface area contributed by atoms with E-state index in [0.29, 0.717) is 0 Å². The molecule has 0 unspecified atom stereocenters. The van der Waals surface area contributed by atoms with Crippen molar-refractivity contribution in [2.45, 2.75) is 13.8 Å². The number of hydrogen-bond acceptors (Lipinski definition) is 3. The molecule has 1 aliphatic rings. The molecule has 0 saturated carbocycles. The van der Waals surface area contributed by atoms with Gasteiger partial charge >= 0.3 is 0 Å². The lowest BCUT2D eigenvalue weighted by Gasteiger charge is -2.33. The molecule has 118 valence electrons. The first-order valence-corrected chi connectivity index (χ1v) is 8.88. The molecule has 3 rings (SSSR count). The molecule has 0 amide bonds. The van der Waals surface area contributed by atoms with E-state index in [1.807, 2.05) is 18.5 Å². The highest BCUT2D eigenvalue weighted by Gasteiger charge is 2.22. The van der Waals surface area contributed by atoms with Crippen LogP contribution in [-0.2, 0) is 4.74 Å². The minimum absolute atomic E-state index is 0.712. The Morgan fingerprint density at radius 1 is 0.870 bits per heavy atom. The number of benzene rings is 2. The van der Waals surface area contributed by atoms with Crippen LogP contribution in [0.3, 0.4) is 0 Å². The number of rotatable bonds is 4. The first-order chi connectivity index (χ1) is 11.2. The molecule has 0 saturated heterocycles. The Balaban J connectivity index is 2.03. The normalized spacial score (nSPS) is 13.7. The number of ether oxygens (including phenoxy) is 1. The van der Waals surface area contributed by atoms with E-state index in [4.69, 9.17) is 4.74 Å². The van der Waals surface area contributed by atoms with Gasteiger partial charge in [-0.2, -0.15) is 0 Å². The molecule has 0 bridgehead atoms. The van der Waals surface area contributed by atoms with Gasteiger partial charge in [-0.25, -0.2) is 0 Å². The minimum atomic E-state index is -0.712. The monoisotopic (exact) mass is 324 g/mol. The molecule has 3 nitrogen and oxygen atoms in total. The van der Waals surface area contributed by atoms with Gasteiger partial charge in [0.05, 0.1) is 21.4 Å². The molecule has 2 aromatic carbocycles. The van der Waals surface area contributed by atoms with E-state index in [9.17, 15) is 0 Å². The Morgan fingerprint density at radius 2 is 1.39 bits per heavy atom. The molecule has 0 spiro atoms. The lowest BCUT2D eigenvalue weighted by Crippen LogP contribution is -2.34. The van der Waals surface area contributed by atoms with Crippen molar-refractivity contribution in [2.75, 3.05) is 7.11 Å². The second-order valence-electron chi connectivity index (χ2n) is 5.53. The van der Waals surface area contributed by atoms with Crippen molar-refractivity contribution in [1.29, 1.82) is 0 Å². The summed E-state index contributed by atoms with van der Waals surface area (Å²) in [5.74, 6) is 0.843. The fourth-order valence-corrected chi connectivity index (χ4v) is 4.47. The average Bonchev–Trinajstić information content (AvgIpc) is 2.59. The Bertz CT molecular complexity index is 675. The first kappa shape index (κ1) is 15.6. The van der Waals surface area contributed by atoms with Crippen LogP contribution in [0, 0.1) is 13.8 Å². The van der Waals surface area contributed by atoms with E-state index in [2.05, 4.69) is 72.6 Å². The average molecular weight is 324 g/mol. The van der Waals surface area contributed by atoms with Crippen LogP contribution >= 0.6 is 8.07 Å². The fraction of sp³-hybridized carbons (Fsp3) is 0.158. The van der Waals surface area contributed by atoms with E-state index in [1.165, 1.54) is 21.7 Å². The summed E-state index contributed by atoms with van der Waals surface area (Å²) in [7, 11) is 0.983. The number of nitrogens with zero attached hydrogens (tertiary/aromatic N) is 1. The second-order valence-corrected chi connectivity index (χ2v) is 7.61. The number of nitrogens with one attached hydrogen (secondary N) is 1. The lowest BCUT2D eigenvalue weighted by molar-refractivity contribution is 0.291. The molecule has 23 heavy (non-hydrogen) atoms. The Hall–Kier alpha value is -2.25. The third-order valence-electron chi connectivity index (χ3n) is 3.71. The van der Waals surface area contributed by atoms with E-state index in [1.54, 1.807) is 7.11 Å². The SMILES string of the molecule is COC1=CN(P(c2ccc(C)cc2)c2ccc(C)cc2)NC=C1. The smallest absolute Gasteiger partial charge is 0.138 e. The van der Waals surface area contributed by atoms with E-state index < -0.39 is 8.07 Å². The van der Waals surface area contributed by atoms with Gasteiger partial charge in [0, 0.05) is 16.8 Å². The standard InChI is InChI=1S/C19H21N2OP/c1-15-4-8-18(9-5-15)23(19-10-6-16(2)7-11-19)21-14-17(22-3)12-13-20-21/h4-14,20H,1-3H3. The molecule has 0 atom stereocenters. The molecular formula is C19H21N2OP. The molecule has 4 heteroatoms. The van der Waals surface area contributed by atoms with Gasteiger partial charge in [-0.15, -0.1) is 0 Å². The van der Waals surface area contributed by atoms with E-state index >= 15 is 0 Å². The molecule has 0 fully saturated rings. The summed E-state index contributed by atoms with van der Waals surface area (Å²) >= 11 is 0. The van der Waals surface area contributed by atoms with Crippen molar-refractivity contribution < 1.29 is 4.74 Å². The van der Waals surface area contributed by atoms with Crippen LogP contribution in [0.2, 0.25) is 0 Å². The van der Waals surface area contributed by atoms with Crippen LogP contribution in [0.1, 0.15) is 11.1 Å². The van der Waals surface area contributed by atoms with Crippen LogP contribution in [0.25, 0.3) is 0 Å². The third kappa shape index (κ3) is 3.57. The number of hydrogen-bond donors (Lipinski definition) is 1. The highest BCUT2D eigenvalue weighted by atomic mass is 31.1.